The summed E-state index contributed by atoms with van der Waals surface area (Å²) in [5.74, 6) is -0.280. The molecule has 1 aromatic rings. The molecule has 0 unspecified atom stereocenters. The first kappa shape index (κ1) is 11.3. The van der Waals surface area contributed by atoms with E-state index in [2.05, 4.69) is 10.2 Å². The third-order valence-electron chi connectivity index (χ3n) is 1.65. The Bertz CT molecular complexity index is 381. The van der Waals surface area contributed by atoms with Crippen molar-refractivity contribution >= 4 is 29.5 Å². The van der Waals surface area contributed by atoms with Crippen LogP contribution in [0.15, 0.2) is 0 Å². The molecule has 1 N–H and O–H groups in total. The van der Waals surface area contributed by atoms with E-state index in [4.69, 9.17) is 17.0 Å². The molecule has 0 amide bonds. The molecule has 0 atom stereocenters. The Labute approximate surface area is 91.3 Å². The summed E-state index contributed by atoms with van der Waals surface area (Å²) in [6.45, 7) is 5.62. The Balaban J connectivity index is 2.74. The standard InChI is InChI=1S/C8H12N2O2S2/c1-5(11)12-4-8(2,3)6-9-10-7(13)14-6/h4H2,1-3H3,(H,10,13). The monoisotopic (exact) mass is 232 g/mol. The van der Waals surface area contributed by atoms with Crippen LogP contribution in [0.3, 0.4) is 0 Å². The smallest absolute Gasteiger partial charge is 0.302 e. The molecule has 1 aromatic heterocycles. The van der Waals surface area contributed by atoms with Crippen LogP contribution in [0.5, 0.6) is 0 Å². The maximum absolute atomic E-state index is 10.7. The predicted octanol–water partition coefficient (Wildman–Crippen LogP) is 2.04. The van der Waals surface area contributed by atoms with Gasteiger partial charge in [0.15, 0.2) is 3.95 Å². The molecule has 0 bridgehead atoms. The van der Waals surface area contributed by atoms with Crippen molar-refractivity contribution in [2.45, 2.75) is 26.2 Å². The number of aromatic nitrogens is 2. The van der Waals surface area contributed by atoms with Crippen molar-refractivity contribution in [3.8, 4) is 0 Å². The number of hydrogen-bond donors (Lipinski definition) is 1. The zero-order valence-corrected chi connectivity index (χ0v) is 9.92. The van der Waals surface area contributed by atoms with Gasteiger partial charge >= 0.3 is 5.97 Å². The number of nitrogens with one attached hydrogen (secondary N) is 1. The van der Waals surface area contributed by atoms with E-state index in [1.165, 1.54) is 18.3 Å². The van der Waals surface area contributed by atoms with Crippen molar-refractivity contribution in [3.05, 3.63) is 8.96 Å². The molecule has 1 heterocycles. The largest absolute Gasteiger partial charge is 0.465 e. The maximum Gasteiger partial charge on any atom is 0.302 e. The van der Waals surface area contributed by atoms with Crippen LogP contribution in [0.4, 0.5) is 0 Å². The van der Waals surface area contributed by atoms with Crippen LogP contribution in [0.1, 0.15) is 25.8 Å². The molecule has 14 heavy (non-hydrogen) atoms. The lowest BCUT2D eigenvalue weighted by atomic mass is 9.96. The minimum atomic E-state index is -0.288. The van der Waals surface area contributed by atoms with Crippen LogP contribution in [-0.4, -0.2) is 22.8 Å². The lowest BCUT2D eigenvalue weighted by molar-refractivity contribution is -0.142. The third-order valence-corrected chi connectivity index (χ3v) is 3.11. The molecule has 0 aliphatic rings. The second kappa shape index (κ2) is 4.18. The second-order valence-corrected chi connectivity index (χ2v) is 5.25. The van der Waals surface area contributed by atoms with Crippen LogP contribution in [0.25, 0.3) is 0 Å². The van der Waals surface area contributed by atoms with Gasteiger partial charge in [0.2, 0.25) is 0 Å². The van der Waals surface area contributed by atoms with Gasteiger partial charge in [-0.1, -0.05) is 25.2 Å². The Hall–Kier alpha value is -0.750. The van der Waals surface area contributed by atoms with Gasteiger partial charge in [-0.25, -0.2) is 0 Å². The van der Waals surface area contributed by atoms with Gasteiger partial charge in [-0.2, -0.15) is 5.10 Å². The topological polar surface area (TPSA) is 55.0 Å². The van der Waals surface area contributed by atoms with Gasteiger partial charge in [0, 0.05) is 6.92 Å². The van der Waals surface area contributed by atoms with Gasteiger partial charge in [-0.15, -0.1) is 0 Å². The first-order valence-corrected chi connectivity index (χ1v) is 5.33. The quantitative estimate of drug-likeness (QED) is 0.640. The minimum absolute atomic E-state index is 0.280. The summed E-state index contributed by atoms with van der Waals surface area (Å²) in [6, 6.07) is 0. The van der Waals surface area contributed by atoms with Crippen molar-refractivity contribution in [3.63, 3.8) is 0 Å². The van der Waals surface area contributed by atoms with E-state index in [-0.39, 0.29) is 11.4 Å². The van der Waals surface area contributed by atoms with Gasteiger partial charge in [0.25, 0.3) is 0 Å². The lowest BCUT2D eigenvalue weighted by Gasteiger charge is -2.20. The number of rotatable bonds is 3. The molecule has 0 aliphatic heterocycles. The number of hydrogen-bond acceptors (Lipinski definition) is 5. The Kier molecular flexibility index (Phi) is 3.38. The van der Waals surface area contributed by atoms with Crippen LogP contribution in [0.2, 0.25) is 0 Å². The summed E-state index contributed by atoms with van der Waals surface area (Å²) >= 11 is 6.33. The van der Waals surface area contributed by atoms with Gasteiger partial charge in [0.05, 0.1) is 5.41 Å². The van der Waals surface area contributed by atoms with Crippen LogP contribution < -0.4 is 0 Å². The van der Waals surface area contributed by atoms with E-state index in [0.29, 0.717) is 10.6 Å². The maximum atomic E-state index is 10.7. The molecule has 0 radical (unpaired) electrons. The molecule has 0 aromatic carbocycles. The van der Waals surface area contributed by atoms with Gasteiger partial charge in [0.1, 0.15) is 11.6 Å². The highest BCUT2D eigenvalue weighted by atomic mass is 32.1. The first-order valence-electron chi connectivity index (χ1n) is 4.11. The molecule has 6 heteroatoms. The average molecular weight is 232 g/mol. The van der Waals surface area contributed by atoms with E-state index in [1.807, 2.05) is 13.8 Å². The zero-order valence-electron chi connectivity index (χ0n) is 8.29. The van der Waals surface area contributed by atoms with Crippen molar-refractivity contribution in [2.75, 3.05) is 6.61 Å². The summed E-state index contributed by atoms with van der Waals surface area (Å²) in [5.41, 5.74) is -0.288. The molecule has 1 rings (SSSR count). The van der Waals surface area contributed by atoms with Crippen LogP contribution in [0, 0.1) is 3.95 Å². The SMILES string of the molecule is CC(=O)OCC(C)(C)c1n[nH]c(=S)s1. The fourth-order valence-electron chi connectivity index (χ4n) is 0.863. The number of H-pyrrole nitrogens is 1. The third kappa shape index (κ3) is 2.88. The summed E-state index contributed by atoms with van der Waals surface area (Å²) in [6.07, 6.45) is 0. The highest BCUT2D eigenvalue weighted by molar-refractivity contribution is 7.73. The fraction of sp³-hybridized carbons (Fsp3) is 0.625. The number of nitrogens with zero attached hydrogens (tertiary/aromatic N) is 1. The normalized spacial score (nSPS) is 11.4. The van der Waals surface area contributed by atoms with Gasteiger partial charge in [-0.05, 0) is 12.2 Å². The highest BCUT2D eigenvalue weighted by Gasteiger charge is 2.25. The molecule has 0 saturated carbocycles. The van der Waals surface area contributed by atoms with Gasteiger partial charge in [-0.3, -0.25) is 9.89 Å². The highest BCUT2D eigenvalue weighted by Crippen LogP contribution is 2.25. The van der Waals surface area contributed by atoms with Crippen molar-refractivity contribution in [2.24, 2.45) is 0 Å². The summed E-state index contributed by atoms with van der Waals surface area (Å²) < 4.78 is 5.59. The Morgan fingerprint density at radius 1 is 1.71 bits per heavy atom. The van der Waals surface area contributed by atoms with E-state index >= 15 is 0 Å². The summed E-state index contributed by atoms with van der Waals surface area (Å²) in [4.78, 5) is 10.7. The number of carbonyl (C=O) groups excluding carboxylic acids is 1. The average Bonchev–Trinajstić information content (AvgIpc) is 2.49. The van der Waals surface area contributed by atoms with Crippen LogP contribution in [-0.2, 0) is 14.9 Å². The molecule has 0 fully saturated rings. The Morgan fingerprint density at radius 3 is 2.79 bits per heavy atom. The second-order valence-electron chi connectivity index (χ2n) is 3.58. The van der Waals surface area contributed by atoms with E-state index in [9.17, 15) is 4.79 Å². The van der Waals surface area contributed by atoms with E-state index < -0.39 is 0 Å². The molecular weight excluding hydrogens is 220 g/mol. The molecule has 0 spiro atoms. The number of ether oxygens (including phenoxy) is 1. The van der Waals surface area contributed by atoms with Crippen molar-refractivity contribution in [1.82, 2.24) is 10.2 Å². The Morgan fingerprint density at radius 2 is 2.36 bits per heavy atom. The molecular formula is C8H12N2O2S2. The summed E-state index contributed by atoms with van der Waals surface area (Å²) in [5, 5.41) is 7.62. The van der Waals surface area contributed by atoms with E-state index in [0.717, 1.165) is 5.01 Å². The molecule has 0 saturated heterocycles. The molecule has 0 aliphatic carbocycles. The van der Waals surface area contributed by atoms with Gasteiger partial charge < -0.3 is 4.74 Å². The molecule has 4 nitrogen and oxygen atoms in total. The minimum Gasteiger partial charge on any atom is -0.465 e. The lowest BCUT2D eigenvalue weighted by Crippen LogP contribution is -2.25. The van der Waals surface area contributed by atoms with E-state index in [1.54, 1.807) is 0 Å². The zero-order chi connectivity index (χ0) is 10.8. The van der Waals surface area contributed by atoms with Crippen molar-refractivity contribution < 1.29 is 9.53 Å². The fourth-order valence-corrected chi connectivity index (χ4v) is 1.84. The summed E-state index contributed by atoms with van der Waals surface area (Å²) in [7, 11) is 0. The number of carbonyl (C=O) groups is 1. The van der Waals surface area contributed by atoms with Crippen molar-refractivity contribution in [1.29, 1.82) is 0 Å². The predicted molar refractivity (Wildman–Crippen MR) is 57.0 cm³/mol. The number of aromatic amines is 1. The number of esters is 1. The first-order chi connectivity index (χ1) is 6.42. The van der Waals surface area contributed by atoms with Crippen LogP contribution >= 0.6 is 23.6 Å². The molecule has 78 valence electrons.